The minimum atomic E-state index is -0.987. The number of hydrogen-bond donors (Lipinski definition) is 2. The molecule has 0 spiro atoms. The third-order valence-corrected chi connectivity index (χ3v) is 9.27. The lowest BCUT2D eigenvalue weighted by molar-refractivity contribution is -0.156. The number of nitrogens with zero attached hydrogens (tertiary/aromatic N) is 1. The highest BCUT2D eigenvalue weighted by Gasteiger charge is 2.44. The maximum Gasteiger partial charge on any atom is 0.326 e. The zero-order chi connectivity index (χ0) is 24.1. The summed E-state index contributed by atoms with van der Waals surface area (Å²) in [5, 5.41) is 12.5. The highest BCUT2D eigenvalue weighted by Crippen LogP contribution is 2.39. The third-order valence-electron chi connectivity index (χ3n) is 6.48. The van der Waals surface area contributed by atoms with E-state index in [9.17, 15) is 19.5 Å². The van der Waals surface area contributed by atoms with E-state index in [4.69, 9.17) is 0 Å². The molecule has 1 fully saturated rings. The summed E-state index contributed by atoms with van der Waals surface area (Å²) in [5.74, 6) is -0.602. The summed E-state index contributed by atoms with van der Waals surface area (Å²) < 4.78 is 0. The first-order valence-electron chi connectivity index (χ1n) is 11.7. The van der Waals surface area contributed by atoms with Crippen LogP contribution in [0, 0.1) is 0 Å². The molecule has 180 valence electrons. The molecule has 2 N–H and O–H groups in total. The summed E-state index contributed by atoms with van der Waals surface area (Å²) in [6.45, 7) is 2.05. The first-order chi connectivity index (χ1) is 16.5. The maximum absolute atomic E-state index is 13.7. The van der Waals surface area contributed by atoms with E-state index in [2.05, 4.69) is 5.32 Å². The summed E-state index contributed by atoms with van der Waals surface area (Å²) >= 11 is 0. The summed E-state index contributed by atoms with van der Waals surface area (Å²) in [6, 6.07) is 15.8. The van der Waals surface area contributed by atoms with Crippen LogP contribution in [0.15, 0.2) is 54.6 Å². The Kier molecular flexibility index (Phi) is 8.21. The van der Waals surface area contributed by atoms with Gasteiger partial charge in [0.05, 0.1) is 11.3 Å². The minimum absolute atomic E-state index is 0.187. The molecule has 4 unspecified atom stereocenters. The van der Waals surface area contributed by atoms with E-state index in [-0.39, 0.29) is 23.1 Å². The van der Waals surface area contributed by atoms with Crippen molar-refractivity contribution < 1.29 is 19.5 Å². The second-order valence-corrected chi connectivity index (χ2v) is 11.6. The Hall–Kier alpha value is -2.45. The van der Waals surface area contributed by atoms with E-state index in [1.807, 2.05) is 61.5 Å². The Morgan fingerprint density at radius 1 is 1.12 bits per heavy atom. The Bertz CT molecular complexity index is 1030. The number of carboxylic acids is 1. The molecule has 2 aliphatic rings. The van der Waals surface area contributed by atoms with Gasteiger partial charge < -0.3 is 15.3 Å². The van der Waals surface area contributed by atoms with Gasteiger partial charge >= 0.3 is 5.97 Å². The van der Waals surface area contributed by atoms with Gasteiger partial charge in [0.25, 0.3) is 0 Å². The van der Waals surface area contributed by atoms with Crippen molar-refractivity contribution in [1.29, 1.82) is 0 Å². The van der Waals surface area contributed by atoms with Crippen LogP contribution in [0.3, 0.4) is 0 Å². The number of amides is 2. The lowest BCUT2D eigenvalue weighted by Gasteiger charge is -2.40. The maximum atomic E-state index is 13.7. The van der Waals surface area contributed by atoms with Crippen molar-refractivity contribution in [2.45, 2.75) is 62.4 Å². The molecule has 34 heavy (non-hydrogen) atoms. The monoisotopic (exact) mass is 498 g/mol. The molecule has 0 aliphatic carbocycles. The summed E-state index contributed by atoms with van der Waals surface area (Å²) in [4.78, 5) is 40.7. The smallest absolute Gasteiger partial charge is 0.326 e. The second-order valence-electron chi connectivity index (χ2n) is 8.69. The average molecular weight is 499 g/mol. The molecule has 4 rings (SSSR count). The van der Waals surface area contributed by atoms with Gasteiger partial charge in [-0.15, -0.1) is 0 Å². The lowest BCUT2D eigenvalue weighted by atomic mass is 9.89. The van der Waals surface area contributed by atoms with Crippen molar-refractivity contribution in [3.63, 3.8) is 0 Å². The van der Waals surface area contributed by atoms with Crippen molar-refractivity contribution in [1.82, 2.24) is 10.2 Å². The predicted molar refractivity (Wildman–Crippen MR) is 137 cm³/mol. The van der Waals surface area contributed by atoms with Crippen molar-refractivity contribution >= 4 is 39.4 Å². The molecule has 8 heteroatoms. The van der Waals surface area contributed by atoms with Crippen molar-refractivity contribution in [3.8, 4) is 0 Å². The van der Waals surface area contributed by atoms with Crippen molar-refractivity contribution in [3.05, 3.63) is 71.3 Å². The Labute approximate surface area is 208 Å². The number of nitrogens with one attached hydrogen (secondary N) is 1. The van der Waals surface area contributed by atoms with Gasteiger partial charge in [0.2, 0.25) is 11.8 Å². The molecule has 2 aliphatic heterocycles. The first-order valence-corrected chi connectivity index (χ1v) is 14.1. The number of carboxylic acid groups (broad SMARTS) is 1. The fraction of sp³-hybridized carbons (Fsp3) is 0.423. The largest absolute Gasteiger partial charge is 0.480 e. The van der Waals surface area contributed by atoms with Crippen LogP contribution < -0.4 is 5.32 Å². The standard InChI is InChI=1S/C26H30N2O4S2/c1-2-33-34-23(15-17-9-4-3-5-10-17)24(29)27-20-16-18-11-6-7-12-19(18)21-13-8-14-22(26(31)32)28(21)25(20)30/h3-7,9-12,20-23H,2,8,13-16H2,1H3,(H,27,29)(H,31,32). The molecule has 2 aromatic rings. The van der Waals surface area contributed by atoms with E-state index < -0.39 is 18.1 Å². The normalized spacial score (nSPS) is 22.8. The second kappa shape index (κ2) is 11.3. The summed E-state index contributed by atoms with van der Waals surface area (Å²) in [7, 11) is 3.14. The fourth-order valence-electron chi connectivity index (χ4n) is 4.91. The molecule has 2 aromatic carbocycles. The third kappa shape index (κ3) is 5.44. The molecule has 2 amide bonds. The first kappa shape index (κ1) is 24.7. The van der Waals surface area contributed by atoms with Gasteiger partial charge in [-0.25, -0.2) is 4.79 Å². The van der Waals surface area contributed by atoms with Crippen LogP contribution in [-0.2, 0) is 27.2 Å². The topological polar surface area (TPSA) is 86.7 Å². The summed E-state index contributed by atoms with van der Waals surface area (Å²) in [6.07, 6.45) is 2.84. The Morgan fingerprint density at radius 3 is 2.59 bits per heavy atom. The number of aliphatic carboxylic acids is 1. The van der Waals surface area contributed by atoms with Crippen LogP contribution in [0.25, 0.3) is 0 Å². The number of benzene rings is 2. The zero-order valence-corrected chi connectivity index (χ0v) is 20.8. The molecule has 6 nitrogen and oxygen atoms in total. The summed E-state index contributed by atoms with van der Waals surface area (Å²) in [5.41, 5.74) is 3.05. The molecular weight excluding hydrogens is 468 g/mol. The van der Waals surface area contributed by atoms with Crippen LogP contribution in [0.4, 0.5) is 0 Å². The number of fused-ring (bicyclic) bond motifs is 3. The minimum Gasteiger partial charge on any atom is -0.480 e. The van der Waals surface area contributed by atoms with Crippen molar-refractivity contribution in [2.24, 2.45) is 0 Å². The van der Waals surface area contributed by atoms with Crippen molar-refractivity contribution in [2.75, 3.05) is 5.75 Å². The predicted octanol–water partition coefficient (Wildman–Crippen LogP) is 4.25. The van der Waals surface area contributed by atoms with Gasteiger partial charge in [-0.2, -0.15) is 0 Å². The van der Waals surface area contributed by atoms with Crippen LogP contribution >= 0.6 is 21.6 Å². The van der Waals surface area contributed by atoms with Gasteiger partial charge in [-0.3, -0.25) is 9.59 Å². The van der Waals surface area contributed by atoms with E-state index in [1.54, 1.807) is 10.8 Å². The lowest BCUT2D eigenvalue weighted by Crippen LogP contribution is -2.56. The quantitative estimate of drug-likeness (QED) is 0.530. The zero-order valence-electron chi connectivity index (χ0n) is 19.2. The molecule has 0 bridgehead atoms. The Balaban J connectivity index is 1.61. The van der Waals surface area contributed by atoms with E-state index in [0.717, 1.165) is 35.3 Å². The van der Waals surface area contributed by atoms with Crippen LogP contribution in [0.5, 0.6) is 0 Å². The molecule has 4 atom stereocenters. The van der Waals surface area contributed by atoms with Gasteiger partial charge in [0.1, 0.15) is 12.1 Å². The highest BCUT2D eigenvalue weighted by atomic mass is 33.1. The van der Waals surface area contributed by atoms with E-state index in [0.29, 0.717) is 19.3 Å². The molecular formula is C26H30N2O4S2. The van der Waals surface area contributed by atoms with E-state index >= 15 is 0 Å². The average Bonchev–Trinajstić information content (AvgIpc) is 2.97. The van der Waals surface area contributed by atoms with Gasteiger partial charge in [-0.1, -0.05) is 83.1 Å². The van der Waals surface area contributed by atoms with E-state index in [1.165, 1.54) is 15.7 Å². The molecule has 0 aromatic heterocycles. The van der Waals surface area contributed by atoms with Crippen LogP contribution in [0.1, 0.15) is 48.9 Å². The van der Waals surface area contributed by atoms with Gasteiger partial charge in [0, 0.05) is 12.2 Å². The SMILES string of the molecule is CCSSC(Cc1ccccc1)C(=O)NC1Cc2ccccc2C2CCCC(C(=O)O)N2C1=O. The molecule has 2 heterocycles. The van der Waals surface area contributed by atoms with Crippen LogP contribution in [-0.4, -0.2) is 50.9 Å². The number of carbonyl (C=O) groups is 3. The van der Waals surface area contributed by atoms with Gasteiger partial charge in [0.15, 0.2) is 0 Å². The number of piperidine rings is 1. The fourth-order valence-corrected chi connectivity index (χ4v) is 7.00. The molecule has 0 radical (unpaired) electrons. The molecule has 0 saturated carbocycles. The Morgan fingerprint density at radius 2 is 1.85 bits per heavy atom. The molecule has 1 saturated heterocycles. The van der Waals surface area contributed by atoms with Crippen LogP contribution in [0.2, 0.25) is 0 Å². The number of carbonyl (C=O) groups excluding carboxylic acids is 2. The van der Waals surface area contributed by atoms with Gasteiger partial charge in [-0.05, 0) is 42.4 Å². The number of hydrogen-bond acceptors (Lipinski definition) is 5. The number of rotatable bonds is 8. The highest BCUT2D eigenvalue weighted by molar-refractivity contribution is 8.77.